The van der Waals surface area contributed by atoms with Crippen LogP contribution in [0.2, 0.25) is 0 Å². The monoisotopic (exact) mass is 272 g/mol. The van der Waals surface area contributed by atoms with Crippen LogP contribution in [-0.4, -0.2) is 22.2 Å². The van der Waals surface area contributed by atoms with Gasteiger partial charge in [0.2, 0.25) is 0 Å². The Morgan fingerprint density at radius 2 is 1.30 bits per heavy atom. The fraction of sp³-hybridized carbons (Fsp3) is 0.125. The Balaban J connectivity index is 0.000000956. The molecule has 4 heteroatoms. The zero-order valence-electron chi connectivity index (χ0n) is 11.3. The third kappa shape index (κ3) is 3.68. The van der Waals surface area contributed by atoms with Gasteiger partial charge in [0.1, 0.15) is 0 Å². The van der Waals surface area contributed by atoms with Crippen molar-refractivity contribution in [3.8, 4) is 11.1 Å². The van der Waals surface area contributed by atoms with Gasteiger partial charge in [0.15, 0.2) is 0 Å². The SMILES string of the molecule is CC.O=C(O)c1ccc(-c2cccc(C(=O)O)c2)cc1. The molecular formula is C16H16O4. The molecule has 2 N–H and O–H groups in total. The molecule has 2 aromatic rings. The number of rotatable bonds is 3. The Labute approximate surface area is 117 Å². The minimum absolute atomic E-state index is 0.202. The lowest BCUT2D eigenvalue weighted by atomic mass is 10.0. The average Bonchev–Trinajstić information content (AvgIpc) is 2.49. The number of hydrogen-bond acceptors (Lipinski definition) is 2. The van der Waals surface area contributed by atoms with Gasteiger partial charge in [-0.2, -0.15) is 0 Å². The topological polar surface area (TPSA) is 74.6 Å². The van der Waals surface area contributed by atoms with Crippen molar-refractivity contribution in [1.82, 2.24) is 0 Å². The van der Waals surface area contributed by atoms with E-state index < -0.39 is 11.9 Å². The van der Waals surface area contributed by atoms with E-state index in [-0.39, 0.29) is 11.1 Å². The molecule has 0 heterocycles. The van der Waals surface area contributed by atoms with E-state index in [1.165, 1.54) is 18.2 Å². The molecule has 20 heavy (non-hydrogen) atoms. The summed E-state index contributed by atoms with van der Waals surface area (Å²) in [5, 5.41) is 17.7. The summed E-state index contributed by atoms with van der Waals surface area (Å²) in [6.07, 6.45) is 0. The van der Waals surface area contributed by atoms with Crippen molar-refractivity contribution in [2.45, 2.75) is 13.8 Å². The van der Waals surface area contributed by atoms with Crippen LogP contribution in [0.5, 0.6) is 0 Å². The Bertz CT molecular complexity index is 600. The summed E-state index contributed by atoms with van der Waals surface area (Å²) in [5.74, 6) is -1.97. The number of carboxylic acids is 2. The van der Waals surface area contributed by atoms with Crippen molar-refractivity contribution in [1.29, 1.82) is 0 Å². The molecule has 0 amide bonds. The van der Waals surface area contributed by atoms with E-state index in [4.69, 9.17) is 10.2 Å². The highest BCUT2D eigenvalue weighted by molar-refractivity contribution is 5.90. The molecule has 2 rings (SSSR count). The Morgan fingerprint density at radius 1 is 0.750 bits per heavy atom. The number of hydrogen-bond donors (Lipinski definition) is 2. The molecule has 2 aromatic carbocycles. The van der Waals surface area contributed by atoms with Crippen LogP contribution in [0.25, 0.3) is 11.1 Å². The van der Waals surface area contributed by atoms with Gasteiger partial charge in [-0.05, 0) is 35.4 Å². The van der Waals surface area contributed by atoms with Gasteiger partial charge in [-0.15, -0.1) is 0 Å². The molecule has 0 radical (unpaired) electrons. The summed E-state index contributed by atoms with van der Waals surface area (Å²) < 4.78 is 0. The molecule has 0 aromatic heterocycles. The second-order valence-corrected chi connectivity index (χ2v) is 3.77. The average molecular weight is 272 g/mol. The van der Waals surface area contributed by atoms with Gasteiger partial charge in [0.05, 0.1) is 11.1 Å². The van der Waals surface area contributed by atoms with Gasteiger partial charge in [0.25, 0.3) is 0 Å². The summed E-state index contributed by atoms with van der Waals surface area (Å²) in [6.45, 7) is 4.00. The molecule has 104 valence electrons. The van der Waals surface area contributed by atoms with E-state index in [9.17, 15) is 9.59 Å². The first-order valence-electron chi connectivity index (χ1n) is 6.25. The zero-order chi connectivity index (χ0) is 15.1. The first kappa shape index (κ1) is 15.4. The van der Waals surface area contributed by atoms with E-state index in [1.807, 2.05) is 13.8 Å². The van der Waals surface area contributed by atoms with Crippen molar-refractivity contribution in [2.75, 3.05) is 0 Å². The molecule has 0 spiro atoms. The number of aromatic carboxylic acids is 2. The lowest BCUT2D eigenvalue weighted by molar-refractivity contribution is 0.0686. The molecule has 0 saturated heterocycles. The number of carbonyl (C=O) groups is 2. The van der Waals surface area contributed by atoms with Gasteiger partial charge in [-0.25, -0.2) is 9.59 Å². The highest BCUT2D eigenvalue weighted by Gasteiger charge is 2.06. The van der Waals surface area contributed by atoms with Crippen LogP contribution in [0.1, 0.15) is 34.6 Å². The summed E-state index contributed by atoms with van der Waals surface area (Å²) in [4.78, 5) is 21.6. The molecule has 0 saturated carbocycles. The maximum Gasteiger partial charge on any atom is 0.335 e. The van der Waals surface area contributed by atoms with Crippen molar-refractivity contribution >= 4 is 11.9 Å². The molecule has 0 atom stereocenters. The maximum atomic E-state index is 10.9. The van der Waals surface area contributed by atoms with Crippen molar-refractivity contribution in [3.63, 3.8) is 0 Å². The van der Waals surface area contributed by atoms with Crippen LogP contribution in [0.15, 0.2) is 48.5 Å². The second-order valence-electron chi connectivity index (χ2n) is 3.77. The minimum atomic E-state index is -0.987. The van der Waals surface area contributed by atoms with Gasteiger partial charge >= 0.3 is 11.9 Å². The summed E-state index contributed by atoms with van der Waals surface area (Å²) in [6, 6.07) is 12.8. The molecule has 4 nitrogen and oxygen atoms in total. The third-order valence-electron chi connectivity index (χ3n) is 2.57. The molecule has 0 aliphatic rings. The first-order valence-corrected chi connectivity index (χ1v) is 6.25. The van der Waals surface area contributed by atoms with Crippen molar-refractivity contribution in [3.05, 3.63) is 59.7 Å². The maximum absolute atomic E-state index is 10.9. The highest BCUT2D eigenvalue weighted by atomic mass is 16.4. The van der Waals surface area contributed by atoms with Crippen LogP contribution in [0.4, 0.5) is 0 Å². The van der Waals surface area contributed by atoms with E-state index in [2.05, 4.69) is 0 Å². The minimum Gasteiger partial charge on any atom is -0.478 e. The third-order valence-corrected chi connectivity index (χ3v) is 2.57. The van der Waals surface area contributed by atoms with E-state index >= 15 is 0 Å². The standard InChI is InChI=1S/C14H10O4.C2H6/c15-13(16)10-6-4-9(5-7-10)11-2-1-3-12(8-11)14(17)18;1-2/h1-8H,(H,15,16)(H,17,18);1-2H3. The lowest BCUT2D eigenvalue weighted by Gasteiger charge is -2.03. The van der Waals surface area contributed by atoms with Gasteiger partial charge < -0.3 is 10.2 Å². The molecule has 0 aliphatic carbocycles. The predicted octanol–water partition coefficient (Wildman–Crippen LogP) is 3.78. The molecule has 0 unspecified atom stereocenters. The summed E-state index contributed by atoms with van der Waals surface area (Å²) >= 11 is 0. The Morgan fingerprint density at radius 3 is 1.80 bits per heavy atom. The van der Waals surface area contributed by atoms with Crippen LogP contribution in [-0.2, 0) is 0 Å². The number of carboxylic acid groups (broad SMARTS) is 2. The normalized spacial score (nSPS) is 9.30. The quantitative estimate of drug-likeness (QED) is 0.891. The molecular weight excluding hydrogens is 256 g/mol. The summed E-state index contributed by atoms with van der Waals surface area (Å²) in [5.41, 5.74) is 1.93. The van der Waals surface area contributed by atoms with Gasteiger partial charge in [-0.1, -0.05) is 38.1 Å². The molecule has 0 bridgehead atoms. The van der Waals surface area contributed by atoms with Crippen LogP contribution < -0.4 is 0 Å². The number of benzene rings is 2. The van der Waals surface area contributed by atoms with Crippen LogP contribution >= 0.6 is 0 Å². The summed E-state index contributed by atoms with van der Waals surface area (Å²) in [7, 11) is 0. The Hall–Kier alpha value is -2.62. The van der Waals surface area contributed by atoms with E-state index in [0.717, 1.165) is 11.1 Å². The van der Waals surface area contributed by atoms with E-state index in [1.54, 1.807) is 30.3 Å². The second kappa shape index (κ2) is 7.09. The molecule has 0 fully saturated rings. The van der Waals surface area contributed by atoms with E-state index in [0.29, 0.717) is 0 Å². The molecule has 0 aliphatic heterocycles. The smallest absolute Gasteiger partial charge is 0.335 e. The fourth-order valence-electron chi connectivity index (χ4n) is 1.64. The first-order chi connectivity index (χ1) is 9.58. The largest absolute Gasteiger partial charge is 0.478 e. The predicted molar refractivity (Wildman–Crippen MR) is 77.1 cm³/mol. The zero-order valence-corrected chi connectivity index (χ0v) is 11.3. The van der Waals surface area contributed by atoms with Gasteiger partial charge in [-0.3, -0.25) is 0 Å². The highest BCUT2D eigenvalue weighted by Crippen LogP contribution is 2.21. The fourth-order valence-corrected chi connectivity index (χ4v) is 1.64. The Kier molecular flexibility index (Phi) is 5.47. The van der Waals surface area contributed by atoms with Gasteiger partial charge in [0, 0.05) is 0 Å². The van der Waals surface area contributed by atoms with Crippen molar-refractivity contribution in [2.24, 2.45) is 0 Å². The lowest BCUT2D eigenvalue weighted by Crippen LogP contribution is -1.96. The van der Waals surface area contributed by atoms with Crippen LogP contribution in [0, 0.1) is 0 Å². The van der Waals surface area contributed by atoms with Crippen LogP contribution in [0.3, 0.4) is 0 Å². The van der Waals surface area contributed by atoms with Crippen molar-refractivity contribution < 1.29 is 19.8 Å².